The molecule has 0 aliphatic rings. The second-order valence-corrected chi connectivity index (χ2v) is 6.23. The molecule has 1 aromatic carbocycles. The molecule has 3 nitrogen and oxygen atoms in total. The lowest BCUT2D eigenvalue weighted by atomic mass is 9.93. The molecule has 1 unspecified atom stereocenters. The van der Waals surface area contributed by atoms with Crippen LogP contribution in [-0.4, -0.2) is 10.9 Å². The predicted molar refractivity (Wildman–Crippen MR) is 89.8 cm³/mol. The van der Waals surface area contributed by atoms with E-state index in [1.165, 1.54) is 5.56 Å². The number of nitrogens with one attached hydrogen (secondary N) is 1. The van der Waals surface area contributed by atoms with Gasteiger partial charge in [0.05, 0.1) is 6.04 Å². The molecule has 116 valence electrons. The zero-order valence-corrected chi connectivity index (χ0v) is 13.7. The van der Waals surface area contributed by atoms with Gasteiger partial charge in [-0.2, -0.15) is 0 Å². The highest BCUT2D eigenvalue weighted by Gasteiger charge is 2.19. The number of pyridine rings is 1. The molecule has 1 heterocycles. The molecule has 0 aliphatic carbocycles. The van der Waals surface area contributed by atoms with Crippen LogP contribution < -0.4 is 5.32 Å². The van der Waals surface area contributed by atoms with Gasteiger partial charge >= 0.3 is 0 Å². The molecule has 0 radical (unpaired) electrons. The van der Waals surface area contributed by atoms with Gasteiger partial charge in [-0.25, -0.2) is 0 Å². The SMILES string of the molecule is CC(C)c1ccc(C(NC(=O)c2ccccn2)C(C)C)cc1. The molecule has 0 saturated carbocycles. The van der Waals surface area contributed by atoms with Crippen molar-refractivity contribution in [3.63, 3.8) is 0 Å². The molecule has 1 amide bonds. The average molecular weight is 296 g/mol. The number of hydrogen-bond acceptors (Lipinski definition) is 2. The van der Waals surface area contributed by atoms with Gasteiger partial charge in [0, 0.05) is 6.20 Å². The van der Waals surface area contributed by atoms with Gasteiger partial charge in [-0.3, -0.25) is 9.78 Å². The first-order chi connectivity index (χ1) is 10.5. The molecule has 0 spiro atoms. The highest BCUT2D eigenvalue weighted by molar-refractivity contribution is 5.92. The van der Waals surface area contributed by atoms with Crippen molar-refractivity contribution >= 4 is 5.91 Å². The maximum atomic E-state index is 12.3. The molecule has 1 atom stereocenters. The number of nitrogens with zero attached hydrogens (tertiary/aromatic N) is 1. The van der Waals surface area contributed by atoms with Crippen LogP contribution in [-0.2, 0) is 0 Å². The van der Waals surface area contributed by atoms with E-state index < -0.39 is 0 Å². The monoisotopic (exact) mass is 296 g/mol. The molecule has 0 saturated heterocycles. The number of carbonyl (C=O) groups is 1. The molecule has 3 heteroatoms. The Morgan fingerprint density at radius 1 is 0.955 bits per heavy atom. The smallest absolute Gasteiger partial charge is 0.270 e. The summed E-state index contributed by atoms with van der Waals surface area (Å²) in [6.07, 6.45) is 1.64. The van der Waals surface area contributed by atoms with E-state index >= 15 is 0 Å². The molecule has 0 bridgehead atoms. The Bertz CT molecular complexity index is 603. The fourth-order valence-corrected chi connectivity index (χ4v) is 2.44. The van der Waals surface area contributed by atoms with E-state index in [0.29, 0.717) is 17.5 Å². The van der Waals surface area contributed by atoms with Crippen LogP contribution in [0.15, 0.2) is 48.7 Å². The summed E-state index contributed by atoms with van der Waals surface area (Å²) >= 11 is 0. The van der Waals surface area contributed by atoms with Crippen LogP contribution >= 0.6 is 0 Å². The third-order valence-corrected chi connectivity index (χ3v) is 3.81. The first-order valence-electron chi connectivity index (χ1n) is 7.80. The lowest BCUT2D eigenvalue weighted by Crippen LogP contribution is -2.32. The highest BCUT2D eigenvalue weighted by Crippen LogP contribution is 2.24. The second-order valence-electron chi connectivity index (χ2n) is 6.23. The Hall–Kier alpha value is -2.16. The minimum Gasteiger partial charge on any atom is -0.344 e. The normalized spacial score (nSPS) is 12.5. The third-order valence-electron chi connectivity index (χ3n) is 3.81. The summed E-state index contributed by atoms with van der Waals surface area (Å²) in [6.45, 7) is 8.58. The zero-order chi connectivity index (χ0) is 16.1. The number of aromatic nitrogens is 1. The predicted octanol–water partition coefficient (Wildman–Crippen LogP) is 4.33. The minimum absolute atomic E-state index is 0.0179. The van der Waals surface area contributed by atoms with Crippen LogP contribution in [0.1, 0.15) is 61.3 Å². The van der Waals surface area contributed by atoms with Gasteiger partial charge < -0.3 is 5.32 Å². The molecule has 1 N–H and O–H groups in total. The van der Waals surface area contributed by atoms with E-state index in [9.17, 15) is 4.79 Å². The molecule has 0 aliphatic heterocycles. The van der Waals surface area contributed by atoms with Crippen LogP contribution in [0.4, 0.5) is 0 Å². The molecular formula is C19H24N2O. The van der Waals surface area contributed by atoms with Crippen molar-refractivity contribution in [2.75, 3.05) is 0 Å². The van der Waals surface area contributed by atoms with Gasteiger partial charge in [-0.1, -0.05) is 58.0 Å². The van der Waals surface area contributed by atoms with Crippen LogP contribution in [0.3, 0.4) is 0 Å². The summed E-state index contributed by atoms with van der Waals surface area (Å²) in [7, 11) is 0. The van der Waals surface area contributed by atoms with Gasteiger partial charge in [-0.15, -0.1) is 0 Å². The topological polar surface area (TPSA) is 42.0 Å². The number of rotatable bonds is 5. The molecule has 2 aromatic rings. The van der Waals surface area contributed by atoms with Gasteiger partial charge in [-0.05, 0) is 35.1 Å². The Morgan fingerprint density at radius 3 is 2.09 bits per heavy atom. The largest absolute Gasteiger partial charge is 0.344 e. The number of hydrogen-bond donors (Lipinski definition) is 1. The molecule has 1 aromatic heterocycles. The summed E-state index contributed by atoms with van der Waals surface area (Å²) in [6, 6.07) is 13.8. The highest BCUT2D eigenvalue weighted by atomic mass is 16.1. The summed E-state index contributed by atoms with van der Waals surface area (Å²) in [5, 5.41) is 3.10. The van der Waals surface area contributed by atoms with Crippen molar-refractivity contribution in [3.8, 4) is 0 Å². The standard InChI is InChI=1S/C19H24N2O/c1-13(2)15-8-10-16(11-9-15)18(14(3)4)21-19(22)17-7-5-6-12-20-17/h5-14,18H,1-4H3,(H,21,22). The minimum atomic E-state index is -0.132. The van der Waals surface area contributed by atoms with Crippen molar-refractivity contribution in [3.05, 3.63) is 65.5 Å². The van der Waals surface area contributed by atoms with Gasteiger partial charge in [0.2, 0.25) is 0 Å². The summed E-state index contributed by atoms with van der Waals surface area (Å²) in [4.78, 5) is 16.4. The van der Waals surface area contributed by atoms with Crippen LogP contribution in [0.5, 0.6) is 0 Å². The Balaban J connectivity index is 2.18. The van der Waals surface area contributed by atoms with E-state index in [0.717, 1.165) is 5.56 Å². The second kappa shape index (κ2) is 7.21. The first kappa shape index (κ1) is 16.2. The lowest BCUT2D eigenvalue weighted by Gasteiger charge is -2.23. The van der Waals surface area contributed by atoms with E-state index in [1.54, 1.807) is 18.3 Å². The Kier molecular flexibility index (Phi) is 5.31. The third kappa shape index (κ3) is 3.94. The summed E-state index contributed by atoms with van der Waals surface area (Å²) in [5.41, 5.74) is 2.89. The fourth-order valence-electron chi connectivity index (χ4n) is 2.44. The molecule has 0 fully saturated rings. The summed E-state index contributed by atoms with van der Waals surface area (Å²) in [5.74, 6) is 0.680. The number of carbonyl (C=O) groups excluding carboxylic acids is 1. The van der Waals surface area contributed by atoms with Crippen molar-refractivity contribution < 1.29 is 4.79 Å². The maximum absolute atomic E-state index is 12.3. The van der Waals surface area contributed by atoms with Crippen molar-refractivity contribution in [2.45, 2.75) is 39.7 Å². The van der Waals surface area contributed by atoms with Crippen LogP contribution in [0, 0.1) is 5.92 Å². The van der Waals surface area contributed by atoms with E-state index in [4.69, 9.17) is 0 Å². The Labute approximate surface area is 132 Å². The quantitative estimate of drug-likeness (QED) is 0.892. The molecule has 22 heavy (non-hydrogen) atoms. The van der Waals surface area contributed by atoms with Crippen LogP contribution in [0.2, 0.25) is 0 Å². The van der Waals surface area contributed by atoms with Gasteiger partial charge in [0.1, 0.15) is 5.69 Å². The fraction of sp³-hybridized carbons (Fsp3) is 0.368. The van der Waals surface area contributed by atoms with Crippen LogP contribution in [0.25, 0.3) is 0 Å². The Morgan fingerprint density at radius 2 is 1.59 bits per heavy atom. The summed E-state index contributed by atoms with van der Waals surface area (Å²) < 4.78 is 0. The van der Waals surface area contributed by atoms with Gasteiger partial charge in [0.25, 0.3) is 5.91 Å². The van der Waals surface area contributed by atoms with Gasteiger partial charge in [0.15, 0.2) is 0 Å². The molecule has 2 rings (SSSR count). The lowest BCUT2D eigenvalue weighted by molar-refractivity contribution is 0.0920. The average Bonchev–Trinajstić information content (AvgIpc) is 2.53. The van der Waals surface area contributed by atoms with Crippen molar-refractivity contribution in [1.82, 2.24) is 10.3 Å². The zero-order valence-electron chi connectivity index (χ0n) is 13.7. The van der Waals surface area contributed by atoms with E-state index in [-0.39, 0.29) is 11.9 Å². The van der Waals surface area contributed by atoms with E-state index in [1.807, 2.05) is 6.07 Å². The molecular weight excluding hydrogens is 272 g/mol. The maximum Gasteiger partial charge on any atom is 0.270 e. The first-order valence-corrected chi connectivity index (χ1v) is 7.80. The number of amides is 1. The number of benzene rings is 1. The van der Waals surface area contributed by atoms with Crippen molar-refractivity contribution in [2.24, 2.45) is 5.92 Å². The van der Waals surface area contributed by atoms with E-state index in [2.05, 4.69) is 62.3 Å². The van der Waals surface area contributed by atoms with Crippen molar-refractivity contribution in [1.29, 1.82) is 0 Å².